The SMILES string of the molecule is CCNC(=O)C(C)(C)CN=C(N)Nc1cccc(Oc2ccccc2)c1.I. The van der Waals surface area contributed by atoms with Gasteiger partial charge in [0.1, 0.15) is 11.5 Å². The van der Waals surface area contributed by atoms with E-state index in [-0.39, 0.29) is 42.4 Å². The minimum atomic E-state index is -0.624. The van der Waals surface area contributed by atoms with Crippen molar-refractivity contribution in [2.45, 2.75) is 20.8 Å². The lowest BCUT2D eigenvalue weighted by Gasteiger charge is -2.21. The molecule has 0 aliphatic rings. The molecule has 0 aliphatic carbocycles. The Kier molecular flexibility index (Phi) is 9.07. The summed E-state index contributed by atoms with van der Waals surface area (Å²) in [5, 5.41) is 5.83. The Balaban J connectivity index is 0.00000364. The Morgan fingerprint density at radius 1 is 1.11 bits per heavy atom. The first kappa shape index (κ1) is 22.8. The highest BCUT2D eigenvalue weighted by Crippen LogP contribution is 2.23. The number of benzene rings is 2. The summed E-state index contributed by atoms with van der Waals surface area (Å²) < 4.78 is 5.80. The van der Waals surface area contributed by atoms with Crippen LogP contribution in [-0.2, 0) is 4.79 Å². The second-order valence-corrected chi connectivity index (χ2v) is 6.51. The number of carbonyl (C=O) groups is 1. The van der Waals surface area contributed by atoms with Crippen LogP contribution < -0.4 is 21.1 Å². The number of rotatable bonds is 7. The van der Waals surface area contributed by atoms with Crippen LogP contribution in [0.5, 0.6) is 11.5 Å². The second kappa shape index (κ2) is 10.8. The predicted octanol–water partition coefficient (Wildman–Crippen LogP) is 3.99. The Bertz CT molecular complexity index is 764. The summed E-state index contributed by atoms with van der Waals surface area (Å²) in [6.07, 6.45) is 0. The van der Waals surface area contributed by atoms with E-state index in [0.29, 0.717) is 12.3 Å². The molecule has 146 valence electrons. The molecule has 0 aliphatic heterocycles. The third kappa shape index (κ3) is 7.46. The molecule has 6 nitrogen and oxygen atoms in total. The van der Waals surface area contributed by atoms with Crippen LogP contribution in [0.15, 0.2) is 59.6 Å². The van der Waals surface area contributed by atoms with Crippen molar-refractivity contribution < 1.29 is 9.53 Å². The summed E-state index contributed by atoms with van der Waals surface area (Å²) in [5.41, 5.74) is 6.09. The van der Waals surface area contributed by atoms with Crippen LogP contribution in [-0.4, -0.2) is 25.0 Å². The van der Waals surface area contributed by atoms with Gasteiger partial charge in [-0.1, -0.05) is 24.3 Å². The number of nitrogens with one attached hydrogen (secondary N) is 2. The van der Waals surface area contributed by atoms with Crippen LogP contribution >= 0.6 is 24.0 Å². The van der Waals surface area contributed by atoms with Gasteiger partial charge in [-0.15, -0.1) is 24.0 Å². The third-order valence-electron chi connectivity index (χ3n) is 3.68. The van der Waals surface area contributed by atoms with Gasteiger partial charge in [-0.3, -0.25) is 9.79 Å². The number of hydrogen-bond donors (Lipinski definition) is 3. The minimum absolute atomic E-state index is 0. The lowest BCUT2D eigenvalue weighted by atomic mass is 9.92. The molecule has 0 bridgehead atoms. The molecule has 0 atom stereocenters. The molecule has 4 N–H and O–H groups in total. The van der Waals surface area contributed by atoms with Gasteiger partial charge in [-0.05, 0) is 45.0 Å². The van der Waals surface area contributed by atoms with Crippen LogP contribution in [0.1, 0.15) is 20.8 Å². The average molecular weight is 482 g/mol. The van der Waals surface area contributed by atoms with Gasteiger partial charge >= 0.3 is 0 Å². The van der Waals surface area contributed by atoms with Crippen LogP contribution in [0.25, 0.3) is 0 Å². The van der Waals surface area contributed by atoms with Gasteiger partial charge in [-0.2, -0.15) is 0 Å². The molecule has 0 unspecified atom stereocenters. The summed E-state index contributed by atoms with van der Waals surface area (Å²) >= 11 is 0. The van der Waals surface area contributed by atoms with Crippen molar-refractivity contribution in [3.8, 4) is 11.5 Å². The number of hydrogen-bond acceptors (Lipinski definition) is 3. The molecule has 0 spiro atoms. The van der Waals surface area contributed by atoms with Gasteiger partial charge in [0.25, 0.3) is 0 Å². The molecule has 2 aromatic carbocycles. The molecule has 2 aromatic rings. The zero-order valence-electron chi connectivity index (χ0n) is 15.9. The number of nitrogens with two attached hydrogens (primary N) is 1. The van der Waals surface area contributed by atoms with Gasteiger partial charge in [0.05, 0.1) is 12.0 Å². The number of anilines is 1. The van der Waals surface area contributed by atoms with Crippen molar-refractivity contribution in [2.24, 2.45) is 16.1 Å². The molecule has 0 saturated carbocycles. The van der Waals surface area contributed by atoms with E-state index in [1.807, 2.05) is 75.4 Å². The van der Waals surface area contributed by atoms with E-state index in [2.05, 4.69) is 15.6 Å². The van der Waals surface area contributed by atoms with Crippen molar-refractivity contribution in [2.75, 3.05) is 18.4 Å². The number of ether oxygens (including phenoxy) is 1. The Hall–Kier alpha value is -2.29. The zero-order chi connectivity index (χ0) is 19.0. The quantitative estimate of drug-likeness (QED) is 0.317. The van der Waals surface area contributed by atoms with E-state index in [1.165, 1.54) is 0 Å². The summed E-state index contributed by atoms with van der Waals surface area (Å²) in [6, 6.07) is 17.0. The highest BCUT2D eigenvalue weighted by atomic mass is 127. The summed E-state index contributed by atoms with van der Waals surface area (Å²) in [4.78, 5) is 16.3. The van der Waals surface area contributed by atoms with Crippen LogP contribution in [0.3, 0.4) is 0 Å². The van der Waals surface area contributed by atoms with Crippen LogP contribution in [0, 0.1) is 5.41 Å². The van der Waals surface area contributed by atoms with Gasteiger partial charge in [-0.25, -0.2) is 0 Å². The number of halogens is 1. The van der Waals surface area contributed by atoms with Crippen LogP contribution in [0.2, 0.25) is 0 Å². The van der Waals surface area contributed by atoms with Gasteiger partial charge < -0.3 is 21.1 Å². The number of para-hydroxylation sites is 1. The average Bonchev–Trinajstić information content (AvgIpc) is 2.61. The van der Waals surface area contributed by atoms with Crippen molar-refractivity contribution in [3.05, 3.63) is 54.6 Å². The van der Waals surface area contributed by atoms with Crippen molar-refractivity contribution in [3.63, 3.8) is 0 Å². The largest absolute Gasteiger partial charge is 0.457 e. The van der Waals surface area contributed by atoms with E-state index >= 15 is 0 Å². The number of carbonyl (C=O) groups excluding carboxylic acids is 1. The normalized spacial score (nSPS) is 11.3. The fraction of sp³-hybridized carbons (Fsp3) is 0.300. The maximum Gasteiger partial charge on any atom is 0.227 e. The summed E-state index contributed by atoms with van der Waals surface area (Å²) in [5.74, 6) is 1.65. The van der Waals surface area contributed by atoms with E-state index in [4.69, 9.17) is 10.5 Å². The molecule has 0 heterocycles. The van der Waals surface area contributed by atoms with E-state index in [9.17, 15) is 4.79 Å². The number of guanidine groups is 1. The maximum atomic E-state index is 12.0. The van der Waals surface area contributed by atoms with Crippen molar-refractivity contribution >= 4 is 41.5 Å². The molecule has 1 amide bonds. The maximum absolute atomic E-state index is 12.0. The molecule has 0 radical (unpaired) electrons. The van der Waals surface area contributed by atoms with Gasteiger partial charge in [0, 0.05) is 18.3 Å². The second-order valence-electron chi connectivity index (χ2n) is 6.51. The standard InChI is InChI=1S/C20H26N4O2.HI/c1-4-22-18(25)20(2,3)14-23-19(21)24-15-9-8-12-17(13-15)26-16-10-6-5-7-11-16;/h5-13H,4,14H2,1-3H3,(H,22,25)(H3,21,23,24);1H. The fourth-order valence-corrected chi connectivity index (χ4v) is 2.20. The van der Waals surface area contributed by atoms with Gasteiger partial charge in [0.2, 0.25) is 5.91 Å². The van der Waals surface area contributed by atoms with E-state index in [0.717, 1.165) is 11.4 Å². The first-order chi connectivity index (χ1) is 12.4. The smallest absolute Gasteiger partial charge is 0.227 e. The molecule has 0 aromatic heterocycles. The first-order valence-corrected chi connectivity index (χ1v) is 8.59. The molecular weight excluding hydrogens is 455 g/mol. The molecule has 27 heavy (non-hydrogen) atoms. The number of aliphatic imine (C=N–C) groups is 1. The molecule has 7 heteroatoms. The Morgan fingerprint density at radius 3 is 2.44 bits per heavy atom. The summed E-state index contributed by atoms with van der Waals surface area (Å²) in [6.45, 7) is 6.44. The Morgan fingerprint density at radius 2 is 1.78 bits per heavy atom. The van der Waals surface area contributed by atoms with E-state index in [1.54, 1.807) is 0 Å². The van der Waals surface area contributed by atoms with E-state index < -0.39 is 5.41 Å². The number of nitrogens with zero attached hydrogens (tertiary/aromatic N) is 1. The monoisotopic (exact) mass is 482 g/mol. The Labute approximate surface area is 177 Å². The molecule has 0 saturated heterocycles. The fourth-order valence-electron chi connectivity index (χ4n) is 2.20. The molecular formula is C20H27IN4O2. The third-order valence-corrected chi connectivity index (χ3v) is 3.68. The predicted molar refractivity (Wildman–Crippen MR) is 121 cm³/mol. The number of amides is 1. The topological polar surface area (TPSA) is 88.7 Å². The van der Waals surface area contributed by atoms with Crippen molar-refractivity contribution in [1.82, 2.24) is 5.32 Å². The molecule has 0 fully saturated rings. The lowest BCUT2D eigenvalue weighted by Crippen LogP contribution is -2.39. The lowest BCUT2D eigenvalue weighted by molar-refractivity contribution is -0.128. The zero-order valence-corrected chi connectivity index (χ0v) is 18.2. The molecule has 2 rings (SSSR count). The summed E-state index contributed by atoms with van der Waals surface area (Å²) in [7, 11) is 0. The van der Waals surface area contributed by atoms with Gasteiger partial charge in [0.15, 0.2) is 5.96 Å². The van der Waals surface area contributed by atoms with Crippen molar-refractivity contribution in [1.29, 1.82) is 0 Å². The van der Waals surface area contributed by atoms with Crippen LogP contribution in [0.4, 0.5) is 5.69 Å². The highest BCUT2D eigenvalue weighted by Gasteiger charge is 2.26. The highest BCUT2D eigenvalue weighted by molar-refractivity contribution is 14.0. The first-order valence-electron chi connectivity index (χ1n) is 8.59. The minimum Gasteiger partial charge on any atom is -0.457 e.